The van der Waals surface area contributed by atoms with E-state index in [-0.39, 0.29) is 5.54 Å². The largest absolute Gasteiger partial charge is 0.318 e. The SMILES string of the molecule is Cc1cc(C)cc(C2(N)CCCCc3ccccc32)c1. The molecule has 20 heavy (non-hydrogen) atoms. The van der Waals surface area contributed by atoms with Crippen LogP contribution in [0.4, 0.5) is 0 Å². The molecule has 1 aliphatic carbocycles. The van der Waals surface area contributed by atoms with Crippen LogP contribution in [0.25, 0.3) is 0 Å². The van der Waals surface area contributed by atoms with Crippen molar-refractivity contribution in [2.45, 2.75) is 45.1 Å². The summed E-state index contributed by atoms with van der Waals surface area (Å²) < 4.78 is 0. The van der Waals surface area contributed by atoms with Crippen molar-refractivity contribution < 1.29 is 0 Å². The normalized spacial score (nSPS) is 22.1. The second kappa shape index (κ2) is 5.06. The van der Waals surface area contributed by atoms with E-state index in [1.54, 1.807) is 0 Å². The summed E-state index contributed by atoms with van der Waals surface area (Å²) in [6.07, 6.45) is 4.62. The fourth-order valence-corrected chi connectivity index (χ4v) is 3.56. The van der Waals surface area contributed by atoms with E-state index in [2.05, 4.69) is 56.3 Å². The standard InChI is InChI=1S/C19H23N/c1-14-11-15(2)13-17(12-14)19(20)10-6-5-8-16-7-3-4-9-18(16)19/h3-4,7,9,11-13H,5-6,8,10,20H2,1-2H3. The van der Waals surface area contributed by atoms with Gasteiger partial charge in [0.05, 0.1) is 5.54 Å². The topological polar surface area (TPSA) is 26.0 Å². The summed E-state index contributed by atoms with van der Waals surface area (Å²) in [6.45, 7) is 4.31. The molecule has 1 heteroatoms. The van der Waals surface area contributed by atoms with Crippen molar-refractivity contribution in [2.75, 3.05) is 0 Å². The molecule has 3 rings (SSSR count). The predicted molar refractivity (Wildman–Crippen MR) is 84.9 cm³/mol. The first-order chi connectivity index (χ1) is 9.59. The molecule has 0 radical (unpaired) electrons. The summed E-state index contributed by atoms with van der Waals surface area (Å²) in [7, 11) is 0. The Hall–Kier alpha value is -1.60. The number of aryl methyl sites for hydroxylation is 3. The number of benzene rings is 2. The Morgan fingerprint density at radius 1 is 0.950 bits per heavy atom. The highest BCUT2D eigenvalue weighted by molar-refractivity contribution is 5.45. The molecule has 0 spiro atoms. The van der Waals surface area contributed by atoms with Crippen LogP contribution < -0.4 is 5.73 Å². The summed E-state index contributed by atoms with van der Waals surface area (Å²) in [5.74, 6) is 0. The Morgan fingerprint density at radius 3 is 2.40 bits per heavy atom. The first-order valence-electron chi connectivity index (χ1n) is 7.56. The van der Waals surface area contributed by atoms with Gasteiger partial charge in [0, 0.05) is 0 Å². The minimum atomic E-state index is -0.329. The molecule has 1 unspecified atom stereocenters. The molecule has 0 aliphatic heterocycles. The maximum absolute atomic E-state index is 6.93. The van der Waals surface area contributed by atoms with Crippen molar-refractivity contribution in [1.82, 2.24) is 0 Å². The Balaban J connectivity index is 2.19. The minimum Gasteiger partial charge on any atom is -0.318 e. The lowest BCUT2D eigenvalue weighted by Crippen LogP contribution is -2.38. The van der Waals surface area contributed by atoms with Gasteiger partial charge in [0.25, 0.3) is 0 Å². The second-order valence-electron chi connectivity index (χ2n) is 6.21. The van der Waals surface area contributed by atoms with Crippen LogP contribution in [0.3, 0.4) is 0 Å². The number of hydrogen-bond acceptors (Lipinski definition) is 1. The van der Waals surface area contributed by atoms with E-state index < -0.39 is 0 Å². The summed E-state index contributed by atoms with van der Waals surface area (Å²) >= 11 is 0. The molecule has 0 amide bonds. The number of nitrogens with two attached hydrogens (primary N) is 1. The maximum atomic E-state index is 6.93. The summed E-state index contributed by atoms with van der Waals surface area (Å²) in [5.41, 5.74) is 13.2. The second-order valence-corrected chi connectivity index (χ2v) is 6.21. The van der Waals surface area contributed by atoms with Gasteiger partial charge in [0.1, 0.15) is 0 Å². The molecule has 0 fully saturated rings. The van der Waals surface area contributed by atoms with E-state index in [0.717, 1.165) is 12.8 Å². The van der Waals surface area contributed by atoms with E-state index >= 15 is 0 Å². The lowest BCUT2D eigenvalue weighted by molar-refractivity contribution is 0.479. The van der Waals surface area contributed by atoms with Gasteiger partial charge in [-0.25, -0.2) is 0 Å². The average molecular weight is 265 g/mol. The zero-order valence-electron chi connectivity index (χ0n) is 12.4. The van der Waals surface area contributed by atoms with Crippen molar-refractivity contribution in [2.24, 2.45) is 5.73 Å². The van der Waals surface area contributed by atoms with Gasteiger partial charge in [0.2, 0.25) is 0 Å². The Bertz CT molecular complexity index is 609. The summed E-state index contributed by atoms with van der Waals surface area (Å²) in [4.78, 5) is 0. The summed E-state index contributed by atoms with van der Waals surface area (Å²) in [5, 5.41) is 0. The van der Waals surface area contributed by atoms with Crippen molar-refractivity contribution >= 4 is 0 Å². The fourth-order valence-electron chi connectivity index (χ4n) is 3.56. The third-order valence-electron chi connectivity index (χ3n) is 4.50. The van der Waals surface area contributed by atoms with Crippen molar-refractivity contribution in [3.8, 4) is 0 Å². The van der Waals surface area contributed by atoms with Gasteiger partial charge in [-0.05, 0) is 49.8 Å². The molecular weight excluding hydrogens is 242 g/mol. The van der Waals surface area contributed by atoms with Gasteiger partial charge >= 0.3 is 0 Å². The zero-order chi connectivity index (χ0) is 14.2. The van der Waals surface area contributed by atoms with E-state index in [4.69, 9.17) is 5.73 Å². The van der Waals surface area contributed by atoms with Crippen molar-refractivity contribution in [3.63, 3.8) is 0 Å². The number of rotatable bonds is 1. The van der Waals surface area contributed by atoms with E-state index in [1.165, 1.54) is 40.7 Å². The van der Waals surface area contributed by atoms with Crippen LogP contribution in [0.2, 0.25) is 0 Å². The Morgan fingerprint density at radius 2 is 1.65 bits per heavy atom. The average Bonchev–Trinajstić information content (AvgIpc) is 2.59. The van der Waals surface area contributed by atoms with Crippen molar-refractivity contribution in [3.05, 3.63) is 70.3 Å². The van der Waals surface area contributed by atoms with Crippen LogP contribution in [-0.2, 0) is 12.0 Å². The highest BCUT2D eigenvalue weighted by Gasteiger charge is 2.33. The fraction of sp³-hybridized carbons (Fsp3) is 0.368. The first-order valence-corrected chi connectivity index (χ1v) is 7.56. The van der Waals surface area contributed by atoms with Crippen LogP contribution in [0.1, 0.15) is 47.1 Å². The molecule has 0 bridgehead atoms. The molecule has 104 valence electrons. The quantitative estimate of drug-likeness (QED) is 0.767. The molecule has 1 nitrogen and oxygen atoms in total. The maximum Gasteiger partial charge on any atom is 0.0668 e. The third-order valence-corrected chi connectivity index (χ3v) is 4.50. The molecule has 2 N–H and O–H groups in total. The van der Waals surface area contributed by atoms with Crippen LogP contribution >= 0.6 is 0 Å². The van der Waals surface area contributed by atoms with Crippen LogP contribution in [-0.4, -0.2) is 0 Å². The first kappa shape index (κ1) is 13.4. The molecule has 0 aromatic heterocycles. The van der Waals surface area contributed by atoms with Gasteiger partial charge in [-0.3, -0.25) is 0 Å². The molecule has 2 aromatic carbocycles. The van der Waals surface area contributed by atoms with Gasteiger partial charge in [-0.2, -0.15) is 0 Å². The van der Waals surface area contributed by atoms with Gasteiger partial charge in [-0.1, -0.05) is 60.0 Å². The highest BCUT2D eigenvalue weighted by atomic mass is 14.7. The molecular formula is C19H23N. The molecule has 0 saturated heterocycles. The van der Waals surface area contributed by atoms with E-state index in [1.807, 2.05) is 0 Å². The summed E-state index contributed by atoms with van der Waals surface area (Å²) in [6, 6.07) is 15.4. The molecule has 1 atom stereocenters. The Kier molecular flexibility index (Phi) is 3.39. The number of hydrogen-bond donors (Lipinski definition) is 1. The monoisotopic (exact) mass is 265 g/mol. The molecule has 1 aliphatic rings. The number of fused-ring (bicyclic) bond motifs is 1. The van der Waals surface area contributed by atoms with Crippen LogP contribution in [0.15, 0.2) is 42.5 Å². The molecule has 0 heterocycles. The van der Waals surface area contributed by atoms with Gasteiger partial charge in [0.15, 0.2) is 0 Å². The lowest BCUT2D eigenvalue weighted by atomic mass is 9.78. The smallest absolute Gasteiger partial charge is 0.0668 e. The zero-order valence-corrected chi connectivity index (χ0v) is 12.4. The highest BCUT2D eigenvalue weighted by Crippen LogP contribution is 2.38. The van der Waals surface area contributed by atoms with Crippen LogP contribution in [0, 0.1) is 13.8 Å². The van der Waals surface area contributed by atoms with Gasteiger partial charge < -0.3 is 5.73 Å². The van der Waals surface area contributed by atoms with E-state index in [9.17, 15) is 0 Å². The molecule has 0 saturated carbocycles. The van der Waals surface area contributed by atoms with Crippen LogP contribution in [0.5, 0.6) is 0 Å². The predicted octanol–water partition coefficient (Wildman–Crippen LogP) is 4.23. The molecule has 2 aromatic rings. The third kappa shape index (κ3) is 2.27. The Labute approximate surface area is 121 Å². The van der Waals surface area contributed by atoms with Gasteiger partial charge in [-0.15, -0.1) is 0 Å². The van der Waals surface area contributed by atoms with E-state index in [0.29, 0.717) is 0 Å². The lowest BCUT2D eigenvalue weighted by Gasteiger charge is -2.31. The van der Waals surface area contributed by atoms with Crippen molar-refractivity contribution in [1.29, 1.82) is 0 Å². The minimum absolute atomic E-state index is 0.329.